The lowest BCUT2D eigenvalue weighted by atomic mass is 10.1. The highest BCUT2D eigenvalue weighted by Gasteiger charge is 2.21. The maximum absolute atomic E-state index is 11.7. The quantitative estimate of drug-likeness (QED) is 0.451. The summed E-state index contributed by atoms with van der Waals surface area (Å²) in [5, 5.41) is 9.61. The van der Waals surface area contributed by atoms with Crippen LogP contribution in [0.25, 0.3) is 0 Å². The largest absolute Gasteiger partial charge is 0.389 e. The second kappa shape index (κ2) is 5.62. The molecular weight excluding hydrogens is 216 g/mol. The van der Waals surface area contributed by atoms with Crippen molar-refractivity contribution in [2.75, 3.05) is 6.61 Å². The smallest absolute Gasteiger partial charge is 0.235 e. The summed E-state index contributed by atoms with van der Waals surface area (Å²) in [7, 11) is 0. The van der Waals surface area contributed by atoms with Gasteiger partial charge in [-0.3, -0.25) is 4.79 Å². The normalized spacial score (nSPS) is 23.6. The molecule has 1 aliphatic rings. The van der Waals surface area contributed by atoms with E-state index >= 15 is 0 Å². The van der Waals surface area contributed by atoms with Crippen LogP contribution in [0.3, 0.4) is 0 Å². The standard InChI is InChI=1S/C14H14O3/c15-12(11-5-2-1-3-6-11)8-9-14-13(16)7-4-10-17-14/h1-3,5-6,13-14,16H,4,7,10H2/t13-,14-/m0/s1. The van der Waals surface area contributed by atoms with Crippen LogP contribution in [-0.2, 0) is 4.74 Å². The lowest BCUT2D eigenvalue weighted by Crippen LogP contribution is -2.32. The summed E-state index contributed by atoms with van der Waals surface area (Å²) in [6.07, 6.45) is 0.404. The third kappa shape index (κ3) is 3.16. The molecule has 2 rings (SSSR count). The second-order valence-electron chi connectivity index (χ2n) is 3.97. The fourth-order valence-corrected chi connectivity index (χ4v) is 1.70. The van der Waals surface area contributed by atoms with Crippen LogP contribution in [0.15, 0.2) is 30.3 Å². The summed E-state index contributed by atoms with van der Waals surface area (Å²) in [4.78, 5) is 11.7. The van der Waals surface area contributed by atoms with Gasteiger partial charge in [0, 0.05) is 12.2 Å². The van der Waals surface area contributed by atoms with E-state index in [2.05, 4.69) is 11.8 Å². The van der Waals surface area contributed by atoms with E-state index in [4.69, 9.17) is 4.74 Å². The van der Waals surface area contributed by atoms with Gasteiger partial charge in [-0.15, -0.1) is 0 Å². The average molecular weight is 230 g/mol. The molecule has 3 heteroatoms. The van der Waals surface area contributed by atoms with Gasteiger partial charge in [-0.2, -0.15) is 0 Å². The first-order valence-corrected chi connectivity index (χ1v) is 5.68. The Hall–Kier alpha value is -1.63. The van der Waals surface area contributed by atoms with Gasteiger partial charge in [-0.25, -0.2) is 0 Å². The molecule has 3 nitrogen and oxygen atoms in total. The molecule has 1 aliphatic heterocycles. The zero-order valence-electron chi connectivity index (χ0n) is 9.43. The zero-order valence-corrected chi connectivity index (χ0v) is 9.43. The zero-order chi connectivity index (χ0) is 12.1. The molecule has 1 fully saturated rings. The Labute approximate surface area is 100 Å². The summed E-state index contributed by atoms with van der Waals surface area (Å²) in [6, 6.07) is 8.87. The third-order valence-electron chi connectivity index (χ3n) is 2.66. The summed E-state index contributed by atoms with van der Waals surface area (Å²) >= 11 is 0. The van der Waals surface area contributed by atoms with Crippen LogP contribution in [0.2, 0.25) is 0 Å². The first kappa shape index (κ1) is 11.8. The maximum atomic E-state index is 11.7. The van der Waals surface area contributed by atoms with Crippen LogP contribution in [0.5, 0.6) is 0 Å². The number of hydrogen-bond acceptors (Lipinski definition) is 3. The molecule has 0 amide bonds. The number of carbonyl (C=O) groups excluding carboxylic acids is 1. The van der Waals surface area contributed by atoms with Crippen molar-refractivity contribution in [3.63, 3.8) is 0 Å². The van der Waals surface area contributed by atoms with Crippen molar-refractivity contribution in [1.29, 1.82) is 0 Å². The first-order chi connectivity index (χ1) is 8.27. The Balaban J connectivity index is 2.04. The van der Waals surface area contributed by atoms with E-state index in [1.165, 1.54) is 0 Å². The fraction of sp³-hybridized carbons (Fsp3) is 0.357. The molecule has 0 radical (unpaired) electrons. The third-order valence-corrected chi connectivity index (χ3v) is 2.66. The van der Waals surface area contributed by atoms with Gasteiger partial charge < -0.3 is 9.84 Å². The van der Waals surface area contributed by atoms with Gasteiger partial charge in [0.25, 0.3) is 0 Å². The summed E-state index contributed by atoms with van der Waals surface area (Å²) < 4.78 is 5.30. The molecule has 1 aromatic carbocycles. The van der Waals surface area contributed by atoms with E-state index < -0.39 is 12.2 Å². The molecule has 88 valence electrons. The van der Waals surface area contributed by atoms with Crippen LogP contribution >= 0.6 is 0 Å². The highest BCUT2D eigenvalue weighted by atomic mass is 16.5. The number of hydrogen-bond donors (Lipinski definition) is 1. The van der Waals surface area contributed by atoms with Crippen molar-refractivity contribution in [1.82, 2.24) is 0 Å². The summed E-state index contributed by atoms with van der Waals surface area (Å²) in [5.74, 6) is 4.98. The van der Waals surface area contributed by atoms with E-state index in [0.29, 0.717) is 18.6 Å². The van der Waals surface area contributed by atoms with Gasteiger partial charge in [-0.1, -0.05) is 36.3 Å². The van der Waals surface area contributed by atoms with Crippen molar-refractivity contribution in [3.05, 3.63) is 35.9 Å². The van der Waals surface area contributed by atoms with E-state index in [0.717, 1.165) is 6.42 Å². The molecule has 17 heavy (non-hydrogen) atoms. The van der Waals surface area contributed by atoms with Gasteiger partial charge in [-0.05, 0) is 18.8 Å². The predicted molar refractivity (Wildman–Crippen MR) is 63.5 cm³/mol. The van der Waals surface area contributed by atoms with Crippen LogP contribution < -0.4 is 0 Å². The number of carbonyl (C=O) groups is 1. The molecule has 1 saturated heterocycles. The van der Waals surface area contributed by atoms with Crippen molar-refractivity contribution in [2.45, 2.75) is 25.0 Å². The van der Waals surface area contributed by atoms with Gasteiger partial charge in [0.05, 0.1) is 6.10 Å². The Morgan fingerprint density at radius 1 is 1.35 bits per heavy atom. The van der Waals surface area contributed by atoms with E-state index in [1.807, 2.05) is 6.07 Å². The fourth-order valence-electron chi connectivity index (χ4n) is 1.70. The molecule has 2 atom stereocenters. The Bertz CT molecular complexity index is 442. The van der Waals surface area contributed by atoms with E-state index in [9.17, 15) is 9.90 Å². The lowest BCUT2D eigenvalue weighted by Gasteiger charge is -2.23. The number of Topliss-reactive ketones (excluding diaryl/α,β-unsaturated/α-hetero) is 1. The minimum Gasteiger partial charge on any atom is -0.389 e. The highest BCUT2D eigenvalue weighted by molar-refractivity contribution is 6.09. The van der Waals surface area contributed by atoms with Crippen molar-refractivity contribution in [3.8, 4) is 11.8 Å². The topological polar surface area (TPSA) is 46.5 Å². The van der Waals surface area contributed by atoms with Gasteiger partial charge in [0.2, 0.25) is 5.78 Å². The minimum absolute atomic E-state index is 0.244. The molecule has 0 aliphatic carbocycles. The second-order valence-corrected chi connectivity index (χ2v) is 3.97. The predicted octanol–water partition coefficient (Wildman–Crippen LogP) is 1.41. The molecule has 0 saturated carbocycles. The van der Waals surface area contributed by atoms with E-state index in [-0.39, 0.29) is 5.78 Å². The molecule has 1 N–H and O–H groups in total. The maximum Gasteiger partial charge on any atom is 0.235 e. The van der Waals surface area contributed by atoms with Crippen LogP contribution in [-0.4, -0.2) is 29.7 Å². The van der Waals surface area contributed by atoms with Gasteiger partial charge >= 0.3 is 0 Å². The van der Waals surface area contributed by atoms with Gasteiger partial charge in [0.1, 0.15) is 6.10 Å². The molecule has 1 aromatic rings. The van der Waals surface area contributed by atoms with Crippen molar-refractivity contribution >= 4 is 5.78 Å². The minimum atomic E-state index is -0.583. The Morgan fingerprint density at radius 2 is 2.12 bits per heavy atom. The number of rotatable bonds is 1. The number of ketones is 1. The first-order valence-electron chi connectivity index (χ1n) is 5.68. The lowest BCUT2D eigenvalue weighted by molar-refractivity contribution is -0.0434. The Morgan fingerprint density at radius 3 is 2.82 bits per heavy atom. The summed E-state index contributed by atoms with van der Waals surface area (Å²) in [6.45, 7) is 0.593. The monoisotopic (exact) mass is 230 g/mol. The van der Waals surface area contributed by atoms with Crippen LogP contribution in [0.1, 0.15) is 23.2 Å². The van der Waals surface area contributed by atoms with Crippen LogP contribution in [0, 0.1) is 11.8 Å². The molecule has 0 bridgehead atoms. The summed E-state index contributed by atoms with van der Waals surface area (Å²) in [5.41, 5.74) is 0.560. The number of aliphatic hydroxyl groups is 1. The van der Waals surface area contributed by atoms with Crippen molar-refractivity contribution in [2.24, 2.45) is 0 Å². The molecular formula is C14H14O3. The van der Waals surface area contributed by atoms with Crippen LogP contribution in [0.4, 0.5) is 0 Å². The van der Waals surface area contributed by atoms with Crippen molar-refractivity contribution < 1.29 is 14.6 Å². The molecule has 0 spiro atoms. The highest BCUT2D eigenvalue weighted by Crippen LogP contribution is 2.12. The molecule has 0 aromatic heterocycles. The molecule has 0 unspecified atom stereocenters. The number of benzene rings is 1. The number of ether oxygens (including phenoxy) is 1. The number of aliphatic hydroxyl groups excluding tert-OH is 1. The van der Waals surface area contributed by atoms with E-state index in [1.54, 1.807) is 24.3 Å². The molecule has 1 heterocycles. The SMILES string of the molecule is O=C(C#C[C@@H]1OCCC[C@@H]1O)c1ccccc1. The Kier molecular flexibility index (Phi) is 3.92. The van der Waals surface area contributed by atoms with Gasteiger partial charge in [0.15, 0.2) is 0 Å². The average Bonchev–Trinajstić information content (AvgIpc) is 2.38.